The number of carbonyl (C=O) groups excluding carboxylic acids is 2. The van der Waals surface area contributed by atoms with Gasteiger partial charge in [-0.25, -0.2) is 0 Å². The molecule has 1 amide bonds. The van der Waals surface area contributed by atoms with Crippen molar-refractivity contribution in [2.75, 3.05) is 11.5 Å². The fraction of sp³-hybridized carbons (Fsp3) is 0.304. The number of hydrogen-bond acceptors (Lipinski definition) is 3. The number of aryl methyl sites for hydroxylation is 1. The van der Waals surface area contributed by atoms with Gasteiger partial charge in [0.15, 0.2) is 5.78 Å². The van der Waals surface area contributed by atoms with Crippen molar-refractivity contribution in [1.29, 1.82) is 0 Å². The molecule has 1 heterocycles. The molecule has 1 saturated heterocycles. The van der Waals surface area contributed by atoms with Gasteiger partial charge >= 0.3 is 6.18 Å². The van der Waals surface area contributed by atoms with Crippen LogP contribution in [-0.2, 0) is 0 Å². The van der Waals surface area contributed by atoms with Crippen molar-refractivity contribution in [3.05, 3.63) is 74.8 Å². The Morgan fingerprint density at radius 3 is 2.09 bits per heavy atom. The quantitative estimate of drug-likeness (QED) is 0.352. The third-order valence-electron chi connectivity index (χ3n) is 4.48. The third-order valence-corrected chi connectivity index (χ3v) is 6.20. The van der Waals surface area contributed by atoms with E-state index in [1.54, 1.807) is 18.7 Å². The predicted molar refractivity (Wildman–Crippen MR) is 126 cm³/mol. The van der Waals surface area contributed by atoms with E-state index >= 15 is 0 Å². The maximum atomic E-state index is 13.6. The van der Waals surface area contributed by atoms with Gasteiger partial charge in [0.05, 0.1) is 5.57 Å². The molecular weight excluding hydrogens is 482 g/mol. The van der Waals surface area contributed by atoms with E-state index in [1.807, 2.05) is 13.8 Å². The van der Waals surface area contributed by atoms with Crippen LogP contribution >= 0.6 is 35.0 Å². The third kappa shape index (κ3) is 6.77. The molecule has 9 heteroatoms. The predicted octanol–water partition coefficient (Wildman–Crippen LogP) is 7.00. The van der Waals surface area contributed by atoms with Gasteiger partial charge in [-0.2, -0.15) is 24.9 Å². The van der Waals surface area contributed by atoms with Gasteiger partial charge in [0, 0.05) is 38.7 Å². The zero-order valence-electron chi connectivity index (χ0n) is 17.6. The minimum Gasteiger partial charge on any atom is -0.348 e. The summed E-state index contributed by atoms with van der Waals surface area (Å²) in [5.41, 5.74) is -0.542. The van der Waals surface area contributed by atoms with E-state index in [-0.39, 0.29) is 33.1 Å². The van der Waals surface area contributed by atoms with Crippen molar-refractivity contribution >= 4 is 52.2 Å². The molecule has 0 aromatic heterocycles. The van der Waals surface area contributed by atoms with Gasteiger partial charge in [0.2, 0.25) is 0 Å². The van der Waals surface area contributed by atoms with Crippen LogP contribution in [0.15, 0.2) is 42.5 Å². The first-order valence-corrected chi connectivity index (χ1v) is 11.7. The van der Waals surface area contributed by atoms with Crippen molar-refractivity contribution in [2.24, 2.45) is 0 Å². The number of nitrogens with one attached hydrogen (secondary N) is 1. The zero-order chi connectivity index (χ0) is 24.1. The standard InChI is InChI=1S/C21H16Cl2F3NO2S.C2H6/c1-11-4-12(2-3-17(11)20(29)27-16-9-30-10-16)19(28)8-18(21(24,25)26)13-5-14(22)7-15(23)6-13;1-2/h2-8,16H,9-10H2,1H3,(H,27,29);1-2H3/b18-8-;. The molecular formula is C23H22Cl2F3NO2S. The van der Waals surface area contributed by atoms with E-state index < -0.39 is 17.5 Å². The van der Waals surface area contributed by atoms with Crippen LogP contribution in [0.25, 0.3) is 5.57 Å². The Balaban J connectivity index is 0.00000176. The normalized spacial score (nSPS) is 14.2. The van der Waals surface area contributed by atoms with Gasteiger partial charge in [-0.05, 0) is 54.5 Å². The lowest BCUT2D eigenvalue weighted by Crippen LogP contribution is -2.44. The Morgan fingerprint density at radius 1 is 1.03 bits per heavy atom. The molecule has 3 rings (SSSR count). The molecule has 1 aliphatic heterocycles. The summed E-state index contributed by atoms with van der Waals surface area (Å²) in [5.74, 6) is 0.584. The summed E-state index contributed by atoms with van der Waals surface area (Å²) in [6.45, 7) is 5.63. The Kier molecular flexibility index (Phi) is 9.25. The summed E-state index contributed by atoms with van der Waals surface area (Å²) in [4.78, 5) is 24.9. The van der Waals surface area contributed by atoms with Crippen molar-refractivity contribution < 1.29 is 22.8 Å². The maximum absolute atomic E-state index is 13.6. The van der Waals surface area contributed by atoms with Gasteiger partial charge in [-0.3, -0.25) is 9.59 Å². The van der Waals surface area contributed by atoms with Crippen molar-refractivity contribution in [3.8, 4) is 0 Å². The van der Waals surface area contributed by atoms with E-state index in [4.69, 9.17) is 23.2 Å². The van der Waals surface area contributed by atoms with Gasteiger partial charge < -0.3 is 5.32 Å². The molecule has 0 radical (unpaired) electrons. The Hall–Kier alpha value is -1.96. The van der Waals surface area contributed by atoms with Gasteiger partial charge in [0.1, 0.15) is 0 Å². The minimum atomic E-state index is -4.79. The molecule has 1 fully saturated rings. The lowest BCUT2D eigenvalue weighted by atomic mass is 9.98. The molecule has 1 aliphatic rings. The molecule has 0 saturated carbocycles. The first kappa shape index (κ1) is 26.3. The van der Waals surface area contributed by atoms with Gasteiger partial charge in [0.25, 0.3) is 5.91 Å². The highest BCUT2D eigenvalue weighted by atomic mass is 35.5. The molecule has 0 aliphatic carbocycles. The lowest BCUT2D eigenvalue weighted by molar-refractivity contribution is -0.0689. The van der Waals surface area contributed by atoms with Crippen LogP contribution < -0.4 is 5.32 Å². The molecule has 3 nitrogen and oxygen atoms in total. The van der Waals surface area contributed by atoms with E-state index in [2.05, 4.69) is 5.32 Å². The van der Waals surface area contributed by atoms with Crippen LogP contribution in [-0.4, -0.2) is 35.4 Å². The fourth-order valence-electron chi connectivity index (χ4n) is 2.91. The molecule has 0 atom stereocenters. The van der Waals surface area contributed by atoms with E-state index in [0.717, 1.165) is 23.6 Å². The second kappa shape index (κ2) is 11.3. The number of alkyl halides is 3. The van der Waals surface area contributed by atoms with E-state index in [9.17, 15) is 22.8 Å². The van der Waals surface area contributed by atoms with Crippen molar-refractivity contribution in [3.63, 3.8) is 0 Å². The lowest BCUT2D eigenvalue weighted by Gasteiger charge is -2.26. The number of amides is 1. The SMILES string of the molecule is CC.Cc1cc(C(=O)/C=C(/c2cc(Cl)cc(Cl)c2)C(F)(F)F)ccc1C(=O)NC1CSC1. The number of hydrogen-bond donors (Lipinski definition) is 1. The number of carbonyl (C=O) groups is 2. The molecule has 32 heavy (non-hydrogen) atoms. The highest BCUT2D eigenvalue weighted by molar-refractivity contribution is 8.00. The second-order valence-electron chi connectivity index (χ2n) is 6.82. The van der Waals surface area contributed by atoms with E-state index in [1.165, 1.54) is 24.3 Å². The van der Waals surface area contributed by atoms with Crippen LogP contribution in [0.4, 0.5) is 13.2 Å². The average molecular weight is 504 g/mol. The Labute approximate surface area is 199 Å². The van der Waals surface area contributed by atoms with Crippen LogP contribution in [0.2, 0.25) is 10.0 Å². The Morgan fingerprint density at radius 2 is 1.62 bits per heavy atom. The number of halogens is 5. The minimum absolute atomic E-state index is 0.0242. The average Bonchev–Trinajstić information content (AvgIpc) is 2.68. The summed E-state index contributed by atoms with van der Waals surface area (Å²) in [6, 6.07) is 7.80. The molecule has 1 N–H and O–H groups in total. The highest BCUT2D eigenvalue weighted by Crippen LogP contribution is 2.36. The van der Waals surface area contributed by atoms with Crippen LogP contribution in [0.5, 0.6) is 0 Å². The fourth-order valence-corrected chi connectivity index (χ4v) is 4.07. The molecule has 0 spiro atoms. The van der Waals surface area contributed by atoms with Crippen LogP contribution in [0.1, 0.15) is 45.7 Å². The summed E-state index contributed by atoms with van der Waals surface area (Å²) in [5, 5.41) is 2.92. The van der Waals surface area contributed by atoms with Gasteiger partial charge in [-0.1, -0.05) is 43.1 Å². The number of thioether (sulfide) groups is 1. The van der Waals surface area contributed by atoms with Crippen molar-refractivity contribution in [2.45, 2.75) is 33.0 Å². The summed E-state index contributed by atoms with van der Waals surface area (Å²) in [6.07, 6.45) is -4.28. The number of ketones is 1. The molecule has 2 aromatic carbocycles. The number of benzene rings is 2. The molecule has 0 unspecified atom stereocenters. The maximum Gasteiger partial charge on any atom is 0.417 e. The van der Waals surface area contributed by atoms with E-state index in [0.29, 0.717) is 17.2 Å². The van der Waals surface area contributed by atoms with Gasteiger partial charge in [-0.15, -0.1) is 0 Å². The zero-order valence-corrected chi connectivity index (χ0v) is 20.0. The van der Waals surface area contributed by atoms with Crippen molar-refractivity contribution in [1.82, 2.24) is 5.32 Å². The second-order valence-corrected chi connectivity index (χ2v) is 8.76. The van der Waals surface area contributed by atoms with Crippen LogP contribution in [0, 0.1) is 6.92 Å². The molecule has 172 valence electrons. The smallest absolute Gasteiger partial charge is 0.348 e. The summed E-state index contributed by atoms with van der Waals surface area (Å²) < 4.78 is 40.8. The summed E-state index contributed by atoms with van der Waals surface area (Å²) in [7, 11) is 0. The monoisotopic (exact) mass is 503 g/mol. The Bertz CT molecular complexity index is 1010. The first-order chi connectivity index (χ1) is 15.0. The topological polar surface area (TPSA) is 46.2 Å². The first-order valence-electron chi connectivity index (χ1n) is 9.83. The largest absolute Gasteiger partial charge is 0.417 e. The number of rotatable bonds is 5. The molecule has 0 bridgehead atoms. The number of allylic oxidation sites excluding steroid dienone is 2. The highest BCUT2D eigenvalue weighted by Gasteiger charge is 2.35. The molecule has 2 aromatic rings. The van der Waals surface area contributed by atoms with Crippen LogP contribution in [0.3, 0.4) is 0 Å². The summed E-state index contributed by atoms with van der Waals surface area (Å²) >= 11 is 13.4.